The lowest BCUT2D eigenvalue weighted by Gasteiger charge is -2.23. The standard InChI is InChI=1S/C17H32O5/c1-2-3-4-5-6-7-8-9-10-11-21-17-15(20)13-22-16(17)14(19)12-18/h9-10,14-20H,2-8,11-13H2,1H3/b10-9+/t14-,15+,16+,17+/m1/s1. The molecule has 5 heteroatoms. The molecule has 1 rings (SSSR count). The van der Waals surface area contributed by atoms with Gasteiger partial charge in [0.25, 0.3) is 0 Å². The van der Waals surface area contributed by atoms with Crippen LogP contribution in [-0.2, 0) is 9.47 Å². The summed E-state index contributed by atoms with van der Waals surface area (Å²) in [6.45, 7) is 2.34. The molecule has 5 nitrogen and oxygen atoms in total. The van der Waals surface area contributed by atoms with Crippen LogP contribution >= 0.6 is 0 Å². The summed E-state index contributed by atoms with van der Waals surface area (Å²) >= 11 is 0. The number of unbranched alkanes of at least 4 members (excludes halogenated alkanes) is 6. The zero-order chi connectivity index (χ0) is 16.2. The predicted molar refractivity (Wildman–Crippen MR) is 85.7 cm³/mol. The van der Waals surface area contributed by atoms with Crippen molar-refractivity contribution in [2.75, 3.05) is 19.8 Å². The van der Waals surface area contributed by atoms with E-state index in [-0.39, 0.29) is 6.61 Å². The van der Waals surface area contributed by atoms with E-state index in [1.54, 1.807) is 0 Å². The van der Waals surface area contributed by atoms with Crippen LogP contribution in [-0.4, -0.2) is 59.6 Å². The molecule has 22 heavy (non-hydrogen) atoms. The minimum atomic E-state index is -1.02. The van der Waals surface area contributed by atoms with Crippen LogP contribution in [0.2, 0.25) is 0 Å². The number of hydrogen-bond donors (Lipinski definition) is 3. The predicted octanol–water partition coefficient (Wildman–Crippen LogP) is 1.79. The molecule has 0 aromatic heterocycles. The Bertz CT molecular complexity index is 295. The molecular weight excluding hydrogens is 284 g/mol. The van der Waals surface area contributed by atoms with Crippen LogP contribution in [0.1, 0.15) is 51.9 Å². The number of aliphatic hydroxyl groups excluding tert-OH is 3. The highest BCUT2D eigenvalue weighted by molar-refractivity contribution is 4.90. The van der Waals surface area contributed by atoms with E-state index in [2.05, 4.69) is 13.0 Å². The molecule has 1 aliphatic heterocycles. The first-order valence-electron chi connectivity index (χ1n) is 8.55. The van der Waals surface area contributed by atoms with Crippen molar-refractivity contribution in [2.24, 2.45) is 0 Å². The summed E-state index contributed by atoms with van der Waals surface area (Å²) in [6.07, 6.45) is 9.78. The maximum absolute atomic E-state index is 9.78. The molecule has 0 spiro atoms. The lowest BCUT2D eigenvalue weighted by atomic mass is 10.1. The third kappa shape index (κ3) is 7.20. The summed E-state index contributed by atoms with van der Waals surface area (Å²) in [4.78, 5) is 0. The smallest absolute Gasteiger partial charge is 0.115 e. The number of ether oxygens (including phenoxy) is 2. The maximum atomic E-state index is 9.78. The van der Waals surface area contributed by atoms with Crippen molar-refractivity contribution in [1.29, 1.82) is 0 Å². The van der Waals surface area contributed by atoms with Crippen molar-refractivity contribution >= 4 is 0 Å². The van der Waals surface area contributed by atoms with Crippen molar-refractivity contribution < 1.29 is 24.8 Å². The van der Waals surface area contributed by atoms with Gasteiger partial charge in [0.1, 0.15) is 24.4 Å². The van der Waals surface area contributed by atoms with Crippen LogP contribution in [0.15, 0.2) is 12.2 Å². The van der Waals surface area contributed by atoms with Gasteiger partial charge in [-0.1, -0.05) is 51.2 Å². The average molecular weight is 316 g/mol. The van der Waals surface area contributed by atoms with Crippen molar-refractivity contribution in [3.05, 3.63) is 12.2 Å². The molecule has 0 saturated carbocycles. The molecule has 1 heterocycles. The largest absolute Gasteiger partial charge is 0.394 e. The Morgan fingerprint density at radius 1 is 1.18 bits per heavy atom. The number of hydrogen-bond acceptors (Lipinski definition) is 5. The van der Waals surface area contributed by atoms with Crippen molar-refractivity contribution in [3.8, 4) is 0 Å². The third-order valence-corrected chi connectivity index (χ3v) is 4.00. The van der Waals surface area contributed by atoms with Crippen LogP contribution in [0.25, 0.3) is 0 Å². The Labute approximate surface area is 133 Å². The van der Waals surface area contributed by atoms with Crippen LogP contribution in [0.5, 0.6) is 0 Å². The first-order chi connectivity index (χ1) is 10.7. The molecule has 1 saturated heterocycles. The number of aliphatic hydroxyl groups is 3. The van der Waals surface area contributed by atoms with Crippen LogP contribution in [0.3, 0.4) is 0 Å². The highest BCUT2D eigenvalue weighted by atomic mass is 16.6. The van der Waals surface area contributed by atoms with Crippen LogP contribution < -0.4 is 0 Å². The molecule has 3 N–H and O–H groups in total. The molecule has 4 atom stereocenters. The Morgan fingerprint density at radius 3 is 2.64 bits per heavy atom. The lowest BCUT2D eigenvalue weighted by molar-refractivity contribution is -0.0879. The van der Waals surface area contributed by atoms with E-state index in [4.69, 9.17) is 14.6 Å². The van der Waals surface area contributed by atoms with E-state index in [0.717, 1.165) is 6.42 Å². The fourth-order valence-corrected chi connectivity index (χ4v) is 2.65. The first kappa shape index (κ1) is 19.6. The minimum absolute atomic E-state index is 0.133. The van der Waals surface area contributed by atoms with Gasteiger partial charge in [-0.05, 0) is 12.8 Å². The molecule has 1 aliphatic rings. The second kappa shape index (κ2) is 12.0. The normalized spacial score (nSPS) is 26.8. The van der Waals surface area contributed by atoms with Gasteiger partial charge in [-0.3, -0.25) is 0 Å². The molecule has 0 aromatic rings. The minimum Gasteiger partial charge on any atom is -0.394 e. The highest BCUT2D eigenvalue weighted by Gasteiger charge is 2.40. The van der Waals surface area contributed by atoms with E-state index in [1.807, 2.05) is 6.08 Å². The number of rotatable bonds is 12. The SMILES string of the molecule is CCCCCCCC/C=C/CO[C@@H]1[C@H]([C@H](O)CO)OC[C@@H]1O. The molecule has 0 aliphatic carbocycles. The van der Waals surface area contributed by atoms with Crippen molar-refractivity contribution in [3.63, 3.8) is 0 Å². The van der Waals surface area contributed by atoms with Crippen molar-refractivity contribution in [2.45, 2.75) is 76.3 Å². The summed E-state index contributed by atoms with van der Waals surface area (Å²) in [6, 6.07) is 0. The van der Waals surface area contributed by atoms with Gasteiger partial charge in [0, 0.05) is 0 Å². The molecular formula is C17H32O5. The second-order valence-corrected chi connectivity index (χ2v) is 5.94. The molecule has 0 bridgehead atoms. The van der Waals surface area contributed by atoms with Crippen LogP contribution in [0.4, 0.5) is 0 Å². The van der Waals surface area contributed by atoms with Gasteiger partial charge >= 0.3 is 0 Å². The second-order valence-electron chi connectivity index (χ2n) is 5.94. The molecule has 130 valence electrons. The zero-order valence-corrected chi connectivity index (χ0v) is 13.7. The van der Waals surface area contributed by atoms with E-state index in [0.29, 0.717) is 6.61 Å². The molecule has 0 amide bonds. The summed E-state index contributed by atoms with van der Waals surface area (Å²) in [7, 11) is 0. The van der Waals surface area contributed by atoms with Gasteiger partial charge < -0.3 is 24.8 Å². The van der Waals surface area contributed by atoms with Crippen molar-refractivity contribution in [1.82, 2.24) is 0 Å². The van der Waals surface area contributed by atoms with Gasteiger partial charge in [0.15, 0.2) is 0 Å². The quantitative estimate of drug-likeness (QED) is 0.378. The third-order valence-electron chi connectivity index (χ3n) is 4.00. The van der Waals surface area contributed by atoms with E-state index >= 15 is 0 Å². The molecule has 0 unspecified atom stereocenters. The zero-order valence-electron chi connectivity index (χ0n) is 13.7. The fourth-order valence-electron chi connectivity index (χ4n) is 2.65. The summed E-state index contributed by atoms with van der Waals surface area (Å²) < 4.78 is 10.8. The highest BCUT2D eigenvalue weighted by Crippen LogP contribution is 2.21. The van der Waals surface area contributed by atoms with Gasteiger partial charge in [0.05, 0.1) is 19.8 Å². The number of allylic oxidation sites excluding steroid dienone is 1. The Morgan fingerprint density at radius 2 is 1.91 bits per heavy atom. The first-order valence-corrected chi connectivity index (χ1v) is 8.55. The Hall–Kier alpha value is -0.460. The average Bonchev–Trinajstić information content (AvgIpc) is 2.89. The molecule has 0 aromatic carbocycles. The Kier molecular flexibility index (Phi) is 10.7. The fraction of sp³-hybridized carbons (Fsp3) is 0.882. The van der Waals surface area contributed by atoms with Gasteiger partial charge in [-0.15, -0.1) is 0 Å². The van der Waals surface area contributed by atoms with Crippen LogP contribution in [0, 0.1) is 0 Å². The molecule has 0 radical (unpaired) electrons. The van der Waals surface area contributed by atoms with Gasteiger partial charge in [-0.25, -0.2) is 0 Å². The van der Waals surface area contributed by atoms with Gasteiger partial charge in [-0.2, -0.15) is 0 Å². The summed E-state index contributed by atoms with van der Waals surface area (Å²) in [5, 5.41) is 28.4. The van der Waals surface area contributed by atoms with E-state index in [1.165, 1.54) is 38.5 Å². The van der Waals surface area contributed by atoms with E-state index < -0.39 is 31.0 Å². The maximum Gasteiger partial charge on any atom is 0.115 e. The lowest BCUT2D eigenvalue weighted by Crippen LogP contribution is -2.42. The topological polar surface area (TPSA) is 79.2 Å². The summed E-state index contributed by atoms with van der Waals surface area (Å²) in [5.41, 5.74) is 0. The summed E-state index contributed by atoms with van der Waals surface area (Å²) in [5.74, 6) is 0. The Balaban J connectivity index is 2.10. The molecule has 1 fully saturated rings. The monoisotopic (exact) mass is 316 g/mol. The van der Waals surface area contributed by atoms with E-state index in [9.17, 15) is 10.2 Å². The van der Waals surface area contributed by atoms with Gasteiger partial charge in [0.2, 0.25) is 0 Å².